The number of hydrogen-bond donors (Lipinski definition) is 1. The van der Waals surface area contributed by atoms with Gasteiger partial charge in [-0.3, -0.25) is 4.79 Å². The van der Waals surface area contributed by atoms with E-state index in [-0.39, 0.29) is 23.7 Å². The molecule has 1 aliphatic heterocycles. The van der Waals surface area contributed by atoms with E-state index in [0.717, 1.165) is 36.9 Å². The van der Waals surface area contributed by atoms with E-state index in [1.165, 1.54) is 18.4 Å². The van der Waals surface area contributed by atoms with E-state index in [0.29, 0.717) is 5.91 Å². The summed E-state index contributed by atoms with van der Waals surface area (Å²) in [4.78, 5) is 14.6. The van der Waals surface area contributed by atoms with Gasteiger partial charge in [-0.15, -0.1) is 12.4 Å². The van der Waals surface area contributed by atoms with Crippen molar-refractivity contribution in [2.75, 3.05) is 26.7 Å². The number of nitrogens with one attached hydrogen (secondary N) is 1. The molecule has 1 aromatic carbocycles. The lowest BCUT2D eigenvalue weighted by molar-refractivity contribution is -0.135. The van der Waals surface area contributed by atoms with Gasteiger partial charge in [-0.1, -0.05) is 28.1 Å². The van der Waals surface area contributed by atoms with Crippen molar-refractivity contribution in [1.29, 1.82) is 0 Å². The maximum absolute atomic E-state index is 12.6. The van der Waals surface area contributed by atoms with Crippen LogP contribution in [0.4, 0.5) is 0 Å². The molecule has 1 aliphatic carbocycles. The minimum absolute atomic E-state index is 0. The van der Waals surface area contributed by atoms with E-state index in [9.17, 15) is 4.79 Å². The van der Waals surface area contributed by atoms with E-state index >= 15 is 0 Å². The van der Waals surface area contributed by atoms with Crippen LogP contribution in [0.3, 0.4) is 0 Å². The summed E-state index contributed by atoms with van der Waals surface area (Å²) in [5, 5.41) is 3.33. The summed E-state index contributed by atoms with van der Waals surface area (Å²) in [6.45, 7) is 2.81. The van der Waals surface area contributed by atoms with E-state index in [4.69, 9.17) is 0 Å². The first kappa shape index (κ1) is 17.8. The first-order valence-electron chi connectivity index (χ1n) is 7.82. The number of carbonyl (C=O) groups is 1. The predicted molar refractivity (Wildman–Crippen MR) is 95.5 cm³/mol. The SMILES string of the molecule is CN(CC1(c2ccc(Br)cc2)CC1)C(=O)C1CCNCC1.Cl. The standard InChI is InChI=1S/C17H23BrN2O.ClH/c1-20(16(21)13-6-10-19-11-7-13)12-17(8-9-17)14-2-4-15(18)5-3-14;/h2-5,13,19H,6-12H2,1H3;1H. The van der Waals surface area contributed by atoms with Gasteiger partial charge in [0, 0.05) is 29.4 Å². The molecule has 3 rings (SSSR count). The van der Waals surface area contributed by atoms with Crippen molar-refractivity contribution in [1.82, 2.24) is 10.2 Å². The van der Waals surface area contributed by atoms with Gasteiger partial charge in [0.1, 0.15) is 0 Å². The molecule has 1 N–H and O–H groups in total. The quantitative estimate of drug-likeness (QED) is 0.859. The van der Waals surface area contributed by atoms with Crippen LogP contribution in [0.1, 0.15) is 31.2 Å². The van der Waals surface area contributed by atoms with Gasteiger partial charge in [-0.2, -0.15) is 0 Å². The van der Waals surface area contributed by atoms with Crippen LogP contribution in [-0.4, -0.2) is 37.5 Å². The minimum atomic E-state index is 0. The molecule has 2 aliphatic rings. The third-order valence-electron chi connectivity index (χ3n) is 4.91. The van der Waals surface area contributed by atoms with Crippen molar-refractivity contribution < 1.29 is 4.79 Å². The molecule has 1 saturated heterocycles. The Morgan fingerprint density at radius 3 is 2.41 bits per heavy atom. The van der Waals surface area contributed by atoms with E-state index in [2.05, 4.69) is 45.5 Å². The second-order valence-electron chi connectivity index (χ2n) is 6.51. The maximum atomic E-state index is 12.6. The molecule has 0 spiro atoms. The van der Waals surface area contributed by atoms with Crippen molar-refractivity contribution >= 4 is 34.2 Å². The van der Waals surface area contributed by atoms with Gasteiger partial charge >= 0.3 is 0 Å². The number of halogens is 2. The molecular weight excluding hydrogens is 364 g/mol. The molecule has 3 nitrogen and oxygen atoms in total. The predicted octanol–water partition coefficient (Wildman–Crippen LogP) is 3.36. The average Bonchev–Trinajstić information content (AvgIpc) is 3.28. The molecule has 5 heteroatoms. The Labute approximate surface area is 147 Å². The second-order valence-corrected chi connectivity index (χ2v) is 7.42. The molecule has 1 saturated carbocycles. The third-order valence-corrected chi connectivity index (χ3v) is 5.44. The van der Waals surface area contributed by atoms with Crippen LogP contribution < -0.4 is 5.32 Å². The van der Waals surface area contributed by atoms with Crippen molar-refractivity contribution in [3.8, 4) is 0 Å². The zero-order valence-electron chi connectivity index (χ0n) is 13.0. The molecular formula is C17H24BrClN2O. The number of benzene rings is 1. The highest BCUT2D eigenvalue weighted by molar-refractivity contribution is 9.10. The summed E-state index contributed by atoms with van der Waals surface area (Å²) in [6.07, 6.45) is 4.35. The Kier molecular flexibility index (Phi) is 5.92. The lowest BCUT2D eigenvalue weighted by atomic mass is 9.93. The minimum Gasteiger partial charge on any atom is -0.345 e. The van der Waals surface area contributed by atoms with Crippen LogP contribution in [-0.2, 0) is 10.2 Å². The summed E-state index contributed by atoms with van der Waals surface area (Å²) in [5.41, 5.74) is 1.58. The summed E-state index contributed by atoms with van der Waals surface area (Å²) in [7, 11) is 1.98. The van der Waals surface area contributed by atoms with Gasteiger partial charge in [0.2, 0.25) is 5.91 Å². The molecule has 22 heavy (non-hydrogen) atoms. The Bertz CT molecular complexity index is 510. The van der Waals surface area contributed by atoms with Gasteiger partial charge < -0.3 is 10.2 Å². The van der Waals surface area contributed by atoms with Crippen LogP contribution in [0.15, 0.2) is 28.7 Å². The van der Waals surface area contributed by atoms with Gasteiger partial charge in [-0.05, 0) is 56.5 Å². The van der Waals surface area contributed by atoms with Crippen molar-refractivity contribution in [3.63, 3.8) is 0 Å². The molecule has 0 radical (unpaired) electrons. The average molecular weight is 388 g/mol. The zero-order valence-corrected chi connectivity index (χ0v) is 15.4. The number of piperidine rings is 1. The normalized spacial score (nSPS) is 20.1. The highest BCUT2D eigenvalue weighted by atomic mass is 79.9. The Hall–Kier alpha value is -0.580. The van der Waals surface area contributed by atoms with Crippen LogP contribution in [0.25, 0.3) is 0 Å². The smallest absolute Gasteiger partial charge is 0.225 e. The molecule has 0 atom stereocenters. The fourth-order valence-corrected chi connectivity index (χ4v) is 3.67. The molecule has 0 bridgehead atoms. The molecule has 0 aromatic heterocycles. The Morgan fingerprint density at radius 1 is 1.27 bits per heavy atom. The van der Waals surface area contributed by atoms with Gasteiger partial charge in [-0.25, -0.2) is 0 Å². The topological polar surface area (TPSA) is 32.3 Å². The summed E-state index contributed by atoms with van der Waals surface area (Å²) >= 11 is 3.49. The van der Waals surface area contributed by atoms with Gasteiger partial charge in [0.05, 0.1) is 0 Å². The number of likely N-dealkylation sites (N-methyl/N-ethyl adjacent to an activating group) is 1. The molecule has 122 valence electrons. The third kappa shape index (κ3) is 3.84. The van der Waals surface area contributed by atoms with Crippen molar-refractivity contribution in [2.45, 2.75) is 31.1 Å². The van der Waals surface area contributed by atoms with Crippen LogP contribution in [0, 0.1) is 5.92 Å². The number of nitrogens with zero attached hydrogens (tertiary/aromatic N) is 1. The van der Waals surface area contributed by atoms with E-state index < -0.39 is 0 Å². The van der Waals surface area contributed by atoms with Gasteiger partial charge in [0.25, 0.3) is 0 Å². The Balaban J connectivity index is 0.00000176. The largest absolute Gasteiger partial charge is 0.345 e. The molecule has 2 fully saturated rings. The maximum Gasteiger partial charge on any atom is 0.225 e. The number of hydrogen-bond acceptors (Lipinski definition) is 2. The van der Waals surface area contributed by atoms with Gasteiger partial charge in [0.15, 0.2) is 0 Å². The van der Waals surface area contributed by atoms with Crippen molar-refractivity contribution in [2.24, 2.45) is 5.92 Å². The fourth-order valence-electron chi connectivity index (χ4n) is 3.40. The molecule has 1 aromatic rings. The van der Waals surface area contributed by atoms with E-state index in [1.807, 2.05) is 11.9 Å². The summed E-state index contributed by atoms with van der Waals surface area (Å²) in [6, 6.07) is 8.59. The van der Waals surface area contributed by atoms with E-state index in [1.54, 1.807) is 0 Å². The van der Waals surface area contributed by atoms with Crippen LogP contribution >= 0.6 is 28.3 Å². The van der Waals surface area contributed by atoms with Crippen LogP contribution in [0.5, 0.6) is 0 Å². The molecule has 1 amide bonds. The number of amides is 1. The number of rotatable bonds is 4. The molecule has 1 heterocycles. The first-order valence-corrected chi connectivity index (χ1v) is 8.62. The monoisotopic (exact) mass is 386 g/mol. The fraction of sp³-hybridized carbons (Fsp3) is 0.588. The summed E-state index contributed by atoms with van der Waals surface area (Å²) < 4.78 is 1.11. The highest BCUT2D eigenvalue weighted by Gasteiger charge is 2.46. The number of carbonyl (C=O) groups excluding carboxylic acids is 1. The lowest BCUT2D eigenvalue weighted by Crippen LogP contribution is -2.42. The first-order chi connectivity index (χ1) is 10.1. The highest BCUT2D eigenvalue weighted by Crippen LogP contribution is 2.48. The van der Waals surface area contributed by atoms with Crippen LogP contribution in [0.2, 0.25) is 0 Å². The zero-order chi connectivity index (χ0) is 14.9. The molecule has 0 unspecified atom stereocenters. The lowest BCUT2D eigenvalue weighted by Gasteiger charge is -2.30. The Morgan fingerprint density at radius 2 is 1.86 bits per heavy atom. The second kappa shape index (κ2) is 7.33. The summed E-state index contributed by atoms with van der Waals surface area (Å²) in [5.74, 6) is 0.553. The van der Waals surface area contributed by atoms with Crippen molar-refractivity contribution in [3.05, 3.63) is 34.3 Å².